The summed E-state index contributed by atoms with van der Waals surface area (Å²) in [6.45, 7) is 0. The summed E-state index contributed by atoms with van der Waals surface area (Å²) < 4.78 is 10.3. The summed E-state index contributed by atoms with van der Waals surface area (Å²) in [4.78, 5) is 22.3. The molecular weight excluding hydrogens is 244 g/mol. The Balaban J connectivity index is 2.32. The third-order valence-corrected chi connectivity index (χ3v) is 2.51. The van der Waals surface area contributed by atoms with Gasteiger partial charge in [-0.1, -0.05) is 24.3 Å². The third-order valence-electron chi connectivity index (χ3n) is 2.51. The van der Waals surface area contributed by atoms with E-state index in [1.54, 1.807) is 48.5 Å². The van der Waals surface area contributed by atoms with Gasteiger partial charge in [0.2, 0.25) is 0 Å². The van der Waals surface area contributed by atoms with Crippen LogP contribution < -0.4 is 4.74 Å². The molecule has 0 aliphatic carbocycles. The van der Waals surface area contributed by atoms with Gasteiger partial charge in [0.25, 0.3) is 0 Å². The van der Waals surface area contributed by atoms with Crippen molar-refractivity contribution in [3.63, 3.8) is 0 Å². The van der Waals surface area contributed by atoms with Gasteiger partial charge in [-0.25, -0.2) is 4.79 Å². The number of benzene rings is 2. The van der Waals surface area contributed by atoms with Gasteiger partial charge in [0.1, 0.15) is 23.3 Å². The fourth-order valence-corrected chi connectivity index (χ4v) is 1.61. The van der Waals surface area contributed by atoms with Crippen LogP contribution in [0.3, 0.4) is 0 Å². The molecule has 96 valence electrons. The average molecular weight is 256 g/mol. The van der Waals surface area contributed by atoms with Crippen LogP contribution in [0, 0.1) is 0 Å². The largest absolute Gasteiger partial charge is 0.465 e. The van der Waals surface area contributed by atoms with Crippen LogP contribution in [0.2, 0.25) is 0 Å². The van der Waals surface area contributed by atoms with E-state index in [4.69, 9.17) is 4.74 Å². The fraction of sp³-hybridized carbons (Fsp3) is 0.0667. The summed E-state index contributed by atoms with van der Waals surface area (Å²) in [5, 5.41) is 0. The van der Waals surface area contributed by atoms with Crippen LogP contribution in [-0.2, 0) is 4.74 Å². The zero-order valence-electron chi connectivity index (χ0n) is 10.3. The number of carbonyl (C=O) groups excluding carboxylic acids is 2. The maximum atomic E-state index is 11.6. The Morgan fingerprint density at radius 2 is 1.89 bits per heavy atom. The maximum absolute atomic E-state index is 11.6. The number of rotatable bonds is 4. The molecule has 0 atom stereocenters. The van der Waals surface area contributed by atoms with Crippen molar-refractivity contribution in [1.82, 2.24) is 0 Å². The monoisotopic (exact) mass is 256 g/mol. The van der Waals surface area contributed by atoms with E-state index in [0.29, 0.717) is 22.6 Å². The smallest absolute Gasteiger partial charge is 0.341 e. The molecule has 19 heavy (non-hydrogen) atoms. The Morgan fingerprint density at radius 3 is 2.63 bits per heavy atom. The number of ether oxygens (including phenoxy) is 2. The van der Waals surface area contributed by atoms with Crippen molar-refractivity contribution >= 4 is 12.3 Å². The molecule has 0 aliphatic heterocycles. The number of para-hydroxylation sites is 1. The van der Waals surface area contributed by atoms with E-state index in [0.717, 1.165) is 6.29 Å². The first-order valence-electron chi connectivity index (χ1n) is 5.65. The van der Waals surface area contributed by atoms with Crippen molar-refractivity contribution in [3.8, 4) is 11.5 Å². The zero-order valence-corrected chi connectivity index (χ0v) is 10.3. The second-order valence-corrected chi connectivity index (χ2v) is 3.78. The van der Waals surface area contributed by atoms with Crippen molar-refractivity contribution in [2.24, 2.45) is 0 Å². The third kappa shape index (κ3) is 2.98. The van der Waals surface area contributed by atoms with E-state index in [1.165, 1.54) is 7.11 Å². The summed E-state index contributed by atoms with van der Waals surface area (Å²) in [5.74, 6) is 0.403. The lowest BCUT2D eigenvalue weighted by Crippen LogP contribution is -2.03. The van der Waals surface area contributed by atoms with Crippen LogP contribution in [-0.4, -0.2) is 19.4 Å². The molecule has 0 aromatic heterocycles. The standard InChI is InChI=1S/C15H12O4/c1-18-15(17)13-7-2-3-8-14(13)19-12-6-4-5-11(9-12)10-16/h2-10H,1H3. The summed E-state index contributed by atoms with van der Waals surface area (Å²) >= 11 is 0. The summed E-state index contributed by atoms with van der Waals surface area (Å²) in [6, 6.07) is 13.4. The number of carbonyl (C=O) groups is 2. The van der Waals surface area contributed by atoms with Gasteiger partial charge in [-0.3, -0.25) is 4.79 Å². The van der Waals surface area contributed by atoms with Gasteiger partial charge in [-0.15, -0.1) is 0 Å². The number of hydrogen-bond donors (Lipinski definition) is 0. The van der Waals surface area contributed by atoms with Gasteiger partial charge in [0.15, 0.2) is 0 Å². The van der Waals surface area contributed by atoms with Crippen LogP contribution >= 0.6 is 0 Å². The summed E-state index contributed by atoms with van der Waals surface area (Å²) in [7, 11) is 1.31. The minimum atomic E-state index is -0.470. The van der Waals surface area contributed by atoms with Crippen molar-refractivity contribution in [1.29, 1.82) is 0 Å². The topological polar surface area (TPSA) is 52.6 Å². The van der Waals surface area contributed by atoms with Crippen LogP contribution in [0.1, 0.15) is 20.7 Å². The highest BCUT2D eigenvalue weighted by Gasteiger charge is 2.12. The average Bonchev–Trinajstić information content (AvgIpc) is 2.47. The Bertz CT molecular complexity index is 605. The molecule has 0 radical (unpaired) electrons. The second kappa shape index (κ2) is 5.82. The summed E-state index contributed by atoms with van der Waals surface area (Å²) in [5.41, 5.74) is 0.842. The second-order valence-electron chi connectivity index (χ2n) is 3.78. The van der Waals surface area contributed by atoms with Crippen LogP contribution in [0.25, 0.3) is 0 Å². The zero-order chi connectivity index (χ0) is 13.7. The molecule has 0 saturated heterocycles. The van der Waals surface area contributed by atoms with E-state index >= 15 is 0 Å². The van der Waals surface area contributed by atoms with Crippen LogP contribution in [0.4, 0.5) is 0 Å². The number of hydrogen-bond acceptors (Lipinski definition) is 4. The van der Waals surface area contributed by atoms with E-state index in [1.807, 2.05) is 0 Å². The molecule has 0 N–H and O–H groups in total. The highest BCUT2D eigenvalue weighted by molar-refractivity contribution is 5.92. The van der Waals surface area contributed by atoms with E-state index in [-0.39, 0.29) is 0 Å². The van der Waals surface area contributed by atoms with Gasteiger partial charge in [-0.2, -0.15) is 0 Å². The lowest BCUT2D eigenvalue weighted by atomic mass is 10.2. The highest BCUT2D eigenvalue weighted by atomic mass is 16.5. The van der Waals surface area contributed by atoms with Gasteiger partial charge >= 0.3 is 5.97 Å². The van der Waals surface area contributed by atoms with Crippen LogP contribution in [0.5, 0.6) is 11.5 Å². The van der Waals surface area contributed by atoms with Crippen LogP contribution in [0.15, 0.2) is 48.5 Å². The Labute approximate surface area is 110 Å². The van der Waals surface area contributed by atoms with Crippen molar-refractivity contribution < 1.29 is 19.1 Å². The van der Waals surface area contributed by atoms with Gasteiger partial charge < -0.3 is 9.47 Å². The SMILES string of the molecule is COC(=O)c1ccccc1Oc1cccc(C=O)c1. The van der Waals surface area contributed by atoms with Crippen molar-refractivity contribution in [2.75, 3.05) is 7.11 Å². The molecule has 2 aromatic carbocycles. The molecule has 0 fully saturated rings. The van der Waals surface area contributed by atoms with E-state index < -0.39 is 5.97 Å². The predicted molar refractivity (Wildman–Crippen MR) is 69.7 cm³/mol. The predicted octanol–water partition coefficient (Wildman–Crippen LogP) is 3.08. The quantitative estimate of drug-likeness (QED) is 0.623. The molecular formula is C15H12O4. The lowest BCUT2D eigenvalue weighted by Gasteiger charge is -2.09. The summed E-state index contributed by atoms with van der Waals surface area (Å²) in [6.07, 6.45) is 0.735. The molecule has 0 spiro atoms. The van der Waals surface area contributed by atoms with E-state index in [2.05, 4.69) is 4.74 Å². The minimum absolute atomic E-state index is 0.335. The number of aldehydes is 1. The maximum Gasteiger partial charge on any atom is 0.341 e. The number of methoxy groups -OCH3 is 1. The lowest BCUT2D eigenvalue weighted by molar-refractivity contribution is 0.0598. The molecule has 0 bridgehead atoms. The minimum Gasteiger partial charge on any atom is -0.465 e. The van der Waals surface area contributed by atoms with Gasteiger partial charge in [-0.05, 0) is 24.3 Å². The van der Waals surface area contributed by atoms with Crippen molar-refractivity contribution in [3.05, 3.63) is 59.7 Å². The Kier molecular flexibility index (Phi) is 3.93. The first-order valence-corrected chi connectivity index (χ1v) is 5.65. The molecule has 0 saturated carbocycles. The van der Waals surface area contributed by atoms with E-state index in [9.17, 15) is 9.59 Å². The number of esters is 1. The van der Waals surface area contributed by atoms with Gasteiger partial charge in [0, 0.05) is 5.56 Å². The molecule has 0 amide bonds. The van der Waals surface area contributed by atoms with Gasteiger partial charge in [0.05, 0.1) is 7.11 Å². The molecule has 2 aromatic rings. The Morgan fingerprint density at radius 1 is 1.11 bits per heavy atom. The fourth-order valence-electron chi connectivity index (χ4n) is 1.61. The molecule has 2 rings (SSSR count). The Hall–Kier alpha value is -2.62. The molecule has 0 unspecified atom stereocenters. The molecule has 4 heteroatoms. The first kappa shape index (κ1) is 12.8. The normalized spacial score (nSPS) is 9.74. The molecule has 0 aliphatic rings. The first-order chi connectivity index (χ1) is 9.24. The molecule has 4 nitrogen and oxygen atoms in total. The highest BCUT2D eigenvalue weighted by Crippen LogP contribution is 2.26. The molecule has 0 heterocycles. The van der Waals surface area contributed by atoms with Crippen molar-refractivity contribution in [2.45, 2.75) is 0 Å².